The van der Waals surface area contributed by atoms with E-state index in [1.54, 1.807) is 18.2 Å². The Hall–Kier alpha value is -3.05. The minimum atomic E-state index is -2.38. The number of halogens is 2. The Morgan fingerprint density at radius 2 is 2.19 bits per heavy atom. The van der Waals surface area contributed by atoms with Gasteiger partial charge in [-0.2, -0.15) is 10.2 Å². The summed E-state index contributed by atoms with van der Waals surface area (Å²) < 4.78 is 36.6. The molecule has 1 N–H and O–H groups in total. The number of alkyl halides is 2. The summed E-state index contributed by atoms with van der Waals surface area (Å²) in [5, 5.41) is 16.7. The number of nitrogens with one attached hydrogen (secondary N) is 1. The highest BCUT2D eigenvalue weighted by Gasteiger charge is 2.42. The van der Waals surface area contributed by atoms with Crippen molar-refractivity contribution >= 4 is 0 Å². The first-order valence-corrected chi connectivity index (χ1v) is 10.8. The van der Waals surface area contributed by atoms with Crippen LogP contribution in [0.5, 0.6) is 5.75 Å². The van der Waals surface area contributed by atoms with Gasteiger partial charge in [-0.3, -0.25) is 0 Å². The van der Waals surface area contributed by atoms with Crippen molar-refractivity contribution < 1.29 is 18.0 Å². The van der Waals surface area contributed by atoms with Gasteiger partial charge in [-0.05, 0) is 63.8 Å². The minimum Gasteiger partial charge on any atom is -0.490 e. The second-order valence-electron chi connectivity index (χ2n) is 8.68. The number of rotatable bonds is 7. The molecule has 1 aromatic heterocycles. The Labute approximate surface area is 186 Å². The number of ether oxygens (including phenoxy) is 1. The van der Waals surface area contributed by atoms with E-state index >= 15 is 0 Å². The lowest BCUT2D eigenvalue weighted by molar-refractivity contribution is 0.143. The monoisotopic (exact) mass is 440 g/mol. The van der Waals surface area contributed by atoms with Crippen molar-refractivity contribution in [2.75, 3.05) is 6.54 Å². The molecule has 6 nitrogen and oxygen atoms in total. The molecular formula is C24H26F2N4O2. The van der Waals surface area contributed by atoms with Gasteiger partial charge >= 0.3 is 0 Å². The van der Waals surface area contributed by atoms with Crippen molar-refractivity contribution in [2.45, 2.75) is 64.0 Å². The molecule has 8 heteroatoms. The molecule has 0 amide bonds. The third kappa shape index (κ3) is 4.17. The highest BCUT2D eigenvalue weighted by atomic mass is 19.3. The third-order valence-corrected chi connectivity index (χ3v) is 6.04. The molecule has 0 saturated heterocycles. The van der Waals surface area contributed by atoms with Crippen LogP contribution in [0.25, 0.3) is 11.5 Å². The zero-order valence-corrected chi connectivity index (χ0v) is 18.4. The predicted molar refractivity (Wildman–Crippen MR) is 115 cm³/mol. The summed E-state index contributed by atoms with van der Waals surface area (Å²) in [6.45, 7) is 5.54. The van der Waals surface area contributed by atoms with Crippen LogP contribution in [0, 0.1) is 11.3 Å². The van der Waals surface area contributed by atoms with Crippen LogP contribution < -0.4 is 10.1 Å². The largest absolute Gasteiger partial charge is 0.490 e. The summed E-state index contributed by atoms with van der Waals surface area (Å²) in [5.74, 6) is 1.40. The molecule has 2 aliphatic rings. The van der Waals surface area contributed by atoms with E-state index in [-0.39, 0.29) is 18.7 Å². The summed E-state index contributed by atoms with van der Waals surface area (Å²) >= 11 is 0. The maximum atomic E-state index is 12.7. The van der Waals surface area contributed by atoms with Gasteiger partial charge in [0.25, 0.3) is 12.3 Å². The lowest BCUT2D eigenvalue weighted by Crippen LogP contribution is -2.34. The van der Waals surface area contributed by atoms with E-state index in [4.69, 9.17) is 9.26 Å². The van der Waals surface area contributed by atoms with Gasteiger partial charge in [0.2, 0.25) is 0 Å². The van der Waals surface area contributed by atoms with Crippen molar-refractivity contribution in [3.8, 4) is 23.3 Å². The molecule has 2 aromatic rings. The zero-order chi connectivity index (χ0) is 22.9. The molecule has 2 atom stereocenters. The van der Waals surface area contributed by atoms with Gasteiger partial charge in [-0.1, -0.05) is 22.9 Å². The zero-order valence-electron chi connectivity index (χ0n) is 18.4. The van der Waals surface area contributed by atoms with E-state index in [2.05, 4.69) is 28.5 Å². The molecule has 2 aliphatic carbocycles. The summed E-state index contributed by atoms with van der Waals surface area (Å²) in [5.41, 5.74) is 2.79. The Morgan fingerprint density at radius 3 is 2.91 bits per heavy atom. The van der Waals surface area contributed by atoms with Crippen molar-refractivity contribution in [1.82, 2.24) is 15.5 Å². The lowest BCUT2D eigenvalue weighted by atomic mass is 9.73. The molecule has 0 bridgehead atoms. The highest BCUT2D eigenvalue weighted by Crippen LogP contribution is 2.46. The van der Waals surface area contributed by atoms with Crippen molar-refractivity contribution in [3.63, 3.8) is 0 Å². The quantitative estimate of drug-likeness (QED) is 0.657. The van der Waals surface area contributed by atoms with Gasteiger partial charge in [0.15, 0.2) is 5.82 Å². The fourth-order valence-electron chi connectivity index (χ4n) is 4.50. The van der Waals surface area contributed by atoms with Crippen LogP contribution in [0.1, 0.15) is 51.4 Å². The van der Waals surface area contributed by atoms with Gasteiger partial charge in [-0.25, -0.2) is 8.78 Å². The van der Waals surface area contributed by atoms with Crippen LogP contribution in [0.4, 0.5) is 8.78 Å². The second-order valence-corrected chi connectivity index (χ2v) is 8.68. The van der Waals surface area contributed by atoms with Crippen molar-refractivity contribution in [1.29, 1.82) is 5.26 Å². The van der Waals surface area contributed by atoms with E-state index in [0.29, 0.717) is 35.0 Å². The first-order chi connectivity index (χ1) is 15.3. The Balaban J connectivity index is 1.62. The number of aromatic nitrogens is 2. The summed E-state index contributed by atoms with van der Waals surface area (Å²) in [4.78, 5) is 4.67. The first-order valence-electron chi connectivity index (χ1n) is 10.8. The number of hydrogen-bond acceptors (Lipinski definition) is 6. The topological polar surface area (TPSA) is 84.0 Å². The Morgan fingerprint density at radius 1 is 1.38 bits per heavy atom. The minimum absolute atomic E-state index is 0.0462. The number of benzene rings is 1. The number of hydrogen-bond donors (Lipinski definition) is 1. The van der Waals surface area contributed by atoms with Crippen LogP contribution in [0.3, 0.4) is 0 Å². The van der Waals surface area contributed by atoms with Crippen molar-refractivity contribution in [3.05, 3.63) is 52.9 Å². The summed E-state index contributed by atoms with van der Waals surface area (Å²) in [7, 11) is 0. The van der Waals surface area contributed by atoms with E-state index in [0.717, 1.165) is 24.0 Å². The van der Waals surface area contributed by atoms with Gasteiger partial charge in [0, 0.05) is 11.6 Å². The molecule has 168 valence electrons. The van der Waals surface area contributed by atoms with E-state index < -0.39 is 11.8 Å². The van der Waals surface area contributed by atoms with Crippen molar-refractivity contribution in [2.24, 2.45) is 0 Å². The average Bonchev–Trinajstić information content (AvgIpc) is 3.41. The Bertz CT molecular complexity index is 1100. The molecule has 32 heavy (non-hydrogen) atoms. The molecule has 0 saturated carbocycles. The lowest BCUT2D eigenvalue weighted by Gasteiger charge is -2.31. The smallest absolute Gasteiger partial charge is 0.258 e. The van der Waals surface area contributed by atoms with Crippen LogP contribution in [-0.2, 0) is 5.41 Å². The molecular weight excluding hydrogens is 414 g/mol. The summed E-state index contributed by atoms with van der Waals surface area (Å²) in [6.07, 6.45) is 3.91. The number of allylic oxidation sites excluding steroid dienone is 2. The van der Waals surface area contributed by atoms with E-state index in [1.165, 1.54) is 0 Å². The normalized spacial score (nSPS) is 22.5. The average molecular weight is 440 g/mol. The highest BCUT2D eigenvalue weighted by molar-refractivity contribution is 5.60. The Kier molecular flexibility index (Phi) is 6.11. The van der Waals surface area contributed by atoms with Gasteiger partial charge < -0.3 is 14.6 Å². The van der Waals surface area contributed by atoms with Gasteiger partial charge in [0.05, 0.1) is 23.6 Å². The standard InChI is InChI=1S/C24H26F2N4O2/c1-14(2)31-20-9-6-15(11-16(20)12-27)22-29-23(30-32-22)24(3)10-4-5-17-18(24)7-8-19(17)28-13-21(25)26/h4-6,9,11,14,19,21,28H,7-8,10,13H2,1-3H3/t19-,24?/m0/s1. The van der Waals surface area contributed by atoms with Crippen LogP contribution in [0.15, 0.2) is 46.0 Å². The van der Waals surface area contributed by atoms with Gasteiger partial charge in [0.1, 0.15) is 11.8 Å². The first kappa shape index (κ1) is 22.2. The second kappa shape index (κ2) is 8.83. The molecule has 1 aromatic carbocycles. The molecule has 1 heterocycles. The van der Waals surface area contributed by atoms with E-state index in [1.807, 2.05) is 26.0 Å². The maximum Gasteiger partial charge on any atom is 0.258 e. The fraction of sp³-hybridized carbons (Fsp3) is 0.458. The fourth-order valence-corrected chi connectivity index (χ4v) is 4.50. The van der Waals surface area contributed by atoms with Crippen LogP contribution in [0.2, 0.25) is 0 Å². The number of nitrogens with zero attached hydrogens (tertiary/aromatic N) is 3. The number of nitriles is 1. The third-order valence-electron chi connectivity index (χ3n) is 6.04. The van der Waals surface area contributed by atoms with Gasteiger partial charge in [-0.15, -0.1) is 0 Å². The molecule has 0 fully saturated rings. The molecule has 4 rings (SSSR count). The SMILES string of the molecule is CC(C)Oc1ccc(-c2nc(C3(C)CC=CC4=C3CC[C@@H]4NCC(F)F)no2)cc1C#N. The molecule has 0 spiro atoms. The molecule has 1 unspecified atom stereocenters. The van der Waals surface area contributed by atoms with E-state index in [9.17, 15) is 14.0 Å². The predicted octanol–water partition coefficient (Wildman–Crippen LogP) is 4.93. The van der Waals surface area contributed by atoms with Crippen LogP contribution in [-0.4, -0.2) is 35.3 Å². The van der Waals surface area contributed by atoms with Crippen LogP contribution >= 0.6 is 0 Å². The molecule has 0 aliphatic heterocycles. The maximum absolute atomic E-state index is 12.7. The summed E-state index contributed by atoms with van der Waals surface area (Å²) in [6, 6.07) is 7.28. The molecule has 0 radical (unpaired) electrons.